The number of anilines is 1. The first-order valence-electron chi connectivity index (χ1n) is 9.50. The van der Waals surface area contributed by atoms with E-state index < -0.39 is 6.09 Å². The van der Waals surface area contributed by atoms with Crippen LogP contribution >= 0.6 is 0 Å². The number of amides is 1. The lowest BCUT2D eigenvalue weighted by Crippen LogP contribution is -2.51. The van der Waals surface area contributed by atoms with Gasteiger partial charge in [-0.1, -0.05) is 31.4 Å². The number of fused-ring (bicyclic) bond motifs is 1. The summed E-state index contributed by atoms with van der Waals surface area (Å²) < 4.78 is 18.9. The highest BCUT2D eigenvalue weighted by molar-refractivity contribution is 5.89. The number of carboxylic acid groups (broad SMARTS) is 1. The summed E-state index contributed by atoms with van der Waals surface area (Å²) >= 11 is 0. The van der Waals surface area contributed by atoms with E-state index in [1.165, 1.54) is 23.5 Å². The number of carbonyl (C=O) groups is 1. The number of hydrogen-bond donors (Lipinski definition) is 1. The van der Waals surface area contributed by atoms with Crippen LogP contribution in [0.2, 0.25) is 0 Å². The van der Waals surface area contributed by atoms with E-state index in [2.05, 4.69) is 4.98 Å². The van der Waals surface area contributed by atoms with Crippen LogP contribution in [0.4, 0.5) is 14.9 Å². The van der Waals surface area contributed by atoms with Crippen molar-refractivity contribution < 1.29 is 19.0 Å². The summed E-state index contributed by atoms with van der Waals surface area (Å²) in [5.41, 5.74) is 2.34. The summed E-state index contributed by atoms with van der Waals surface area (Å²) in [7, 11) is 0. The van der Waals surface area contributed by atoms with Gasteiger partial charge >= 0.3 is 6.09 Å². The smallest absolute Gasteiger partial charge is 0.412 e. The molecule has 2 heterocycles. The topological polar surface area (TPSA) is 62.7 Å². The molecule has 1 aliphatic carbocycles. The van der Waals surface area contributed by atoms with Gasteiger partial charge < -0.3 is 9.84 Å². The minimum atomic E-state index is -0.962. The van der Waals surface area contributed by atoms with Crippen LogP contribution in [0, 0.1) is 11.7 Å². The zero-order valence-corrected chi connectivity index (χ0v) is 15.1. The van der Waals surface area contributed by atoms with Crippen molar-refractivity contribution in [3.63, 3.8) is 0 Å². The van der Waals surface area contributed by atoms with Crippen molar-refractivity contribution in [2.45, 2.75) is 44.6 Å². The third-order valence-corrected chi connectivity index (χ3v) is 5.59. The first kappa shape index (κ1) is 17.8. The van der Waals surface area contributed by atoms with E-state index >= 15 is 0 Å². The van der Waals surface area contributed by atoms with Gasteiger partial charge in [0.15, 0.2) is 0 Å². The Balaban J connectivity index is 1.62. The molecule has 0 bridgehead atoms. The van der Waals surface area contributed by atoms with Gasteiger partial charge in [0.05, 0.1) is 6.04 Å². The first-order valence-corrected chi connectivity index (χ1v) is 9.50. The van der Waals surface area contributed by atoms with E-state index in [-0.39, 0.29) is 11.9 Å². The molecule has 0 radical (unpaired) electrons. The molecule has 1 atom stereocenters. The maximum Gasteiger partial charge on any atom is 0.412 e. The van der Waals surface area contributed by atoms with Gasteiger partial charge in [-0.2, -0.15) is 0 Å². The average molecular weight is 370 g/mol. The predicted molar refractivity (Wildman–Crippen MR) is 99.8 cm³/mol. The van der Waals surface area contributed by atoms with E-state index in [1.54, 1.807) is 18.3 Å². The normalized spacial score (nSPS) is 20.0. The largest absolute Gasteiger partial charge is 0.474 e. The van der Waals surface area contributed by atoms with E-state index in [0.29, 0.717) is 30.5 Å². The van der Waals surface area contributed by atoms with Crippen LogP contribution in [-0.2, 0) is 6.42 Å². The number of halogens is 1. The average Bonchev–Trinajstić information content (AvgIpc) is 2.69. The monoisotopic (exact) mass is 370 g/mol. The Kier molecular flexibility index (Phi) is 4.97. The number of aromatic nitrogens is 1. The van der Waals surface area contributed by atoms with Gasteiger partial charge in [0.2, 0.25) is 5.88 Å². The summed E-state index contributed by atoms with van der Waals surface area (Å²) in [4.78, 5) is 17.9. The number of benzene rings is 1. The predicted octanol–water partition coefficient (Wildman–Crippen LogP) is 4.64. The fourth-order valence-electron chi connectivity index (χ4n) is 4.23. The number of pyridine rings is 1. The van der Waals surface area contributed by atoms with Crippen molar-refractivity contribution >= 4 is 11.8 Å². The highest BCUT2D eigenvalue weighted by atomic mass is 19.1. The third-order valence-electron chi connectivity index (χ3n) is 5.59. The number of ether oxygens (including phenoxy) is 1. The molecule has 1 fully saturated rings. The molecule has 0 saturated heterocycles. The Morgan fingerprint density at radius 2 is 1.93 bits per heavy atom. The minimum absolute atomic E-state index is 0.168. The van der Waals surface area contributed by atoms with Crippen molar-refractivity contribution in [1.82, 2.24) is 4.98 Å². The molecule has 1 amide bonds. The Hall–Kier alpha value is -2.63. The summed E-state index contributed by atoms with van der Waals surface area (Å²) in [6.07, 6.45) is 6.87. The van der Waals surface area contributed by atoms with Crippen LogP contribution in [0.1, 0.15) is 43.2 Å². The number of nitrogens with zero attached hydrogens (tertiary/aromatic N) is 2. The zero-order valence-electron chi connectivity index (χ0n) is 15.1. The lowest BCUT2D eigenvalue weighted by molar-refractivity contribution is 0.161. The summed E-state index contributed by atoms with van der Waals surface area (Å²) in [5.74, 6) is 0.416. The highest BCUT2D eigenvalue weighted by Gasteiger charge is 2.38. The van der Waals surface area contributed by atoms with Gasteiger partial charge in [0.1, 0.15) is 18.1 Å². The Morgan fingerprint density at radius 3 is 2.63 bits per heavy atom. The number of rotatable bonds is 3. The molecule has 1 aromatic carbocycles. The molecule has 1 saturated carbocycles. The van der Waals surface area contributed by atoms with Gasteiger partial charge in [0.25, 0.3) is 0 Å². The summed E-state index contributed by atoms with van der Waals surface area (Å²) in [6.45, 7) is 0.355. The second kappa shape index (κ2) is 7.55. The molecule has 1 aromatic heterocycles. The van der Waals surface area contributed by atoms with Gasteiger partial charge in [-0.15, -0.1) is 0 Å². The van der Waals surface area contributed by atoms with Gasteiger partial charge in [-0.3, -0.25) is 4.90 Å². The van der Waals surface area contributed by atoms with E-state index in [4.69, 9.17) is 4.74 Å². The second-order valence-corrected chi connectivity index (χ2v) is 7.40. The van der Waals surface area contributed by atoms with Crippen LogP contribution in [0.25, 0.3) is 0 Å². The lowest BCUT2D eigenvalue weighted by atomic mass is 9.83. The molecular weight excluding hydrogens is 347 g/mol. The fraction of sp³-hybridized carbons (Fsp3) is 0.429. The van der Waals surface area contributed by atoms with Gasteiger partial charge in [-0.25, -0.2) is 14.2 Å². The van der Waals surface area contributed by atoms with Crippen LogP contribution in [0.5, 0.6) is 5.88 Å². The van der Waals surface area contributed by atoms with Crippen molar-refractivity contribution in [3.05, 3.63) is 53.5 Å². The molecule has 2 aromatic rings. The Morgan fingerprint density at radius 1 is 1.19 bits per heavy atom. The van der Waals surface area contributed by atoms with Crippen molar-refractivity contribution in [2.24, 2.45) is 5.92 Å². The van der Waals surface area contributed by atoms with E-state index in [9.17, 15) is 14.3 Å². The van der Waals surface area contributed by atoms with Crippen molar-refractivity contribution in [1.29, 1.82) is 0 Å². The molecule has 5 nitrogen and oxygen atoms in total. The molecule has 1 aliphatic heterocycles. The molecule has 4 rings (SSSR count). The number of hydrogen-bond acceptors (Lipinski definition) is 3. The zero-order chi connectivity index (χ0) is 18.8. The molecule has 1 N–H and O–H groups in total. The van der Waals surface area contributed by atoms with Crippen LogP contribution in [0.15, 0.2) is 36.5 Å². The van der Waals surface area contributed by atoms with Crippen LogP contribution < -0.4 is 9.64 Å². The molecule has 6 heteroatoms. The minimum Gasteiger partial charge on any atom is -0.474 e. The van der Waals surface area contributed by atoms with E-state index in [1.807, 2.05) is 6.07 Å². The highest BCUT2D eigenvalue weighted by Crippen LogP contribution is 2.39. The Labute approximate surface area is 157 Å². The molecule has 142 valence electrons. The van der Waals surface area contributed by atoms with Crippen molar-refractivity contribution in [3.8, 4) is 5.88 Å². The van der Waals surface area contributed by atoms with Gasteiger partial charge in [-0.05, 0) is 54.5 Å². The molecular formula is C21H23FN2O3. The maximum absolute atomic E-state index is 13.1. The van der Waals surface area contributed by atoms with Crippen LogP contribution in [-0.4, -0.2) is 28.8 Å². The molecule has 2 aliphatic rings. The summed E-state index contributed by atoms with van der Waals surface area (Å²) in [6, 6.07) is 7.98. The molecule has 27 heavy (non-hydrogen) atoms. The SMILES string of the molecule is O=C(O)N1c2cc(Cc3ccc(F)cc3)cnc2OCC1C1CCCCC1. The van der Waals surface area contributed by atoms with Crippen LogP contribution in [0.3, 0.4) is 0 Å². The maximum atomic E-state index is 13.1. The molecule has 1 unspecified atom stereocenters. The second-order valence-electron chi connectivity index (χ2n) is 7.40. The third kappa shape index (κ3) is 3.75. The fourth-order valence-corrected chi connectivity index (χ4v) is 4.23. The van der Waals surface area contributed by atoms with Crippen molar-refractivity contribution in [2.75, 3.05) is 11.5 Å². The molecule has 0 spiro atoms. The standard InChI is InChI=1S/C21H23FN2O3/c22-17-8-6-14(7-9-17)10-15-11-18-20(23-12-15)27-13-19(24(18)21(25)26)16-4-2-1-3-5-16/h6-9,11-12,16,19H,1-5,10,13H2,(H,25,26). The van der Waals surface area contributed by atoms with Gasteiger partial charge in [0, 0.05) is 6.20 Å². The Bertz CT molecular complexity index is 819. The quantitative estimate of drug-likeness (QED) is 0.855. The first-order chi connectivity index (χ1) is 13.1. The lowest BCUT2D eigenvalue weighted by Gasteiger charge is -2.40. The van der Waals surface area contributed by atoms with E-state index in [0.717, 1.165) is 36.8 Å². The summed E-state index contributed by atoms with van der Waals surface area (Å²) in [5, 5.41) is 9.90.